The summed E-state index contributed by atoms with van der Waals surface area (Å²) < 4.78 is 5.41. The van der Waals surface area contributed by atoms with Crippen molar-refractivity contribution in [2.45, 2.75) is 26.3 Å². The molecule has 2 heterocycles. The number of hydrogen-bond acceptors (Lipinski definition) is 4. The molecule has 0 unspecified atom stereocenters. The highest BCUT2D eigenvalue weighted by Crippen LogP contribution is 2.13. The van der Waals surface area contributed by atoms with Gasteiger partial charge in [0.25, 0.3) is 5.91 Å². The first-order chi connectivity index (χ1) is 10.2. The lowest BCUT2D eigenvalue weighted by Crippen LogP contribution is -2.49. The predicted molar refractivity (Wildman–Crippen MR) is 82.2 cm³/mol. The third-order valence-corrected chi connectivity index (χ3v) is 3.75. The van der Waals surface area contributed by atoms with Crippen LogP contribution in [-0.2, 0) is 4.74 Å². The van der Waals surface area contributed by atoms with Gasteiger partial charge in [-0.1, -0.05) is 13.8 Å². The van der Waals surface area contributed by atoms with Crippen LogP contribution in [-0.4, -0.2) is 54.7 Å². The fraction of sp³-hybridized carbons (Fsp3) is 0.625. The van der Waals surface area contributed by atoms with Crippen LogP contribution >= 0.6 is 0 Å². The van der Waals surface area contributed by atoms with Gasteiger partial charge in [-0.2, -0.15) is 0 Å². The molecule has 116 valence electrons. The molecule has 1 saturated heterocycles. The molecule has 5 heteroatoms. The maximum absolute atomic E-state index is 12.1. The maximum atomic E-state index is 12.1. The van der Waals surface area contributed by atoms with Crippen LogP contribution in [0.5, 0.6) is 0 Å². The van der Waals surface area contributed by atoms with Gasteiger partial charge in [-0.05, 0) is 24.5 Å². The first-order valence-electron chi connectivity index (χ1n) is 7.67. The molecule has 1 N–H and O–H groups in total. The Morgan fingerprint density at radius 2 is 2.00 bits per heavy atom. The second kappa shape index (κ2) is 8.10. The highest BCUT2D eigenvalue weighted by Gasteiger charge is 2.22. The smallest absolute Gasteiger partial charge is 0.251 e. The maximum Gasteiger partial charge on any atom is 0.251 e. The second-order valence-electron chi connectivity index (χ2n) is 5.88. The van der Waals surface area contributed by atoms with Gasteiger partial charge in [0.15, 0.2) is 0 Å². The monoisotopic (exact) mass is 291 g/mol. The third kappa shape index (κ3) is 5.10. The van der Waals surface area contributed by atoms with Crippen LogP contribution in [0.25, 0.3) is 0 Å². The summed E-state index contributed by atoms with van der Waals surface area (Å²) in [5.74, 6) is 0.579. The first-order valence-corrected chi connectivity index (χ1v) is 7.67. The van der Waals surface area contributed by atoms with E-state index in [4.69, 9.17) is 4.74 Å². The van der Waals surface area contributed by atoms with Gasteiger partial charge in [-0.15, -0.1) is 0 Å². The van der Waals surface area contributed by atoms with E-state index in [1.807, 2.05) is 0 Å². The molecule has 0 aliphatic carbocycles. The molecule has 2 rings (SSSR count). The molecule has 1 aromatic heterocycles. The average Bonchev–Trinajstić information content (AvgIpc) is 2.52. The minimum Gasteiger partial charge on any atom is -0.379 e. The van der Waals surface area contributed by atoms with Gasteiger partial charge < -0.3 is 10.1 Å². The normalized spacial score (nSPS) is 17.7. The summed E-state index contributed by atoms with van der Waals surface area (Å²) in [5.41, 5.74) is 0.662. The summed E-state index contributed by atoms with van der Waals surface area (Å²) in [4.78, 5) is 18.5. The summed E-state index contributed by atoms with van der Waals surface area (Å²) >= 11 is 0. The van der Waals surface area contributed by atoms with Gasteiger partial charge in [-0.25, -0.2) is 0 Å². The molecule has 0 bridgehead atoms. The van der Waals surface area contributed by atoms with Crippen LogP contribution in [0.3, 0.4) is 0 Å². The molecule has 0 spiro atoms. The number of nitrogens with one attached hydrogen (secondary N) is 1. The zero-order valence-electron chi connectivity index (χ0n) is 12.9. The molecule has 0 aromatic carbocycles. The molecule has 1 aliphatic heterocycles. The predicted octanol–water partition coefficient (Wildman–Crippen LogP) is 1.56. The van der Waals surface area contributed by atoms with Gasteiger partial charge in [0, 0.05) is 43.6 Å². The van der Waals surface area contributed by atoms with E-state index < -0.39 is 0 Å². The Kier molecular flexibility index (Phi) is 6.14. The topological polar surface area (TPSA) is 54.5 Å². The number of carbonyl (C=O) groups is 1. The number of carbonyl (C=O) groups excluding carboxylic acids is 1. The molecule has 1 atom stereocenters. The van der Waals surface area contributed by atoms with E-state index in [-0.39, 0.29) is 5.91 Å². The number of aromatic nitrogens is 1. The summed E-state index contributed by atoms with van der Waals surface area (Å²) in [7, 11) is 0. The van der Waals surface area contributed by atoms with Gasteiger partial charge in [0.05, 0.1) is 13.2 Å². The highest BCUT2D eigenvalue weighted by molar-refractivity contribution is 5.93. The molecule has 1 aromatic rings. The standard InChI is InChI=1S/C16H25N3O2/c1-13(2)11-15(19-7-9-21-10-8-19)12-18-16(20)14-3-5-17-6-4-14/h3-6,13,15H,7-12H2,1-2H3,(H,18,20)/t15-/m0/s1. The van der Waals surface area contributed by atoms with Crippen molar-refractivity contribution in [1.29, 1.82) is 0 Å². The van der Waals surface area contributed by atoms with Crippen molar-refractivity contribution in [3.63, 3.8) is 0 Å². The molecule has 1 fully saturated rings. The van der Waals surface area contributed by atoms with Crippen molar-refractivity contribution < 1.29 is 9.53 Å². The highest BCUT2D eigenvalue weighted by atomic mass is 16.5. The summed E-state index contributed by atoms with van der Waals surface area (Å²) in [6.07, 6.45) is 4.36. The number of nitrogens with zero attached hydrogens (tertiary/aromatic N) is 2. The quantitative estimate of drug-likeness (QED) is 0.864. The van der Waals surface area contributed by atoms with Crippen molar-refractivity contribution in [2.24, 2.45) is 5.92 Å². The van der Waals surface area contributed by atoms with Crippen molar-refractivity contribution in [3.05, 3.63) is 30.1 Å². The van der Waals surface area contributed by atoms with Crippen LogP contribution in [0, 0.1) is 5.92 Å². The van der Waals surface area contributed by atoms with Gasteiger partial charge in [0.2, 0.25) is 0 Å². The minimum absolute atomic E-state index is 0.0283. The van der Waals surface area contributed by atoms with E-state index in [9.17, 15) is 4.79 Å². The third-order valence-electron chi connectivity index (χ3n) is 3.75. The Balaban J connectivity index is 1.90. The fourth-order valence-corrected chi connectivity index (χ4v) is 2.66. The number of rotatable bonds is 6. The number of ether oxygens (including phenoxy) is 1. The Bertz CT molecular complexity index is 430. The Hall–Kier alpha value is -1.46. The van der Waals surface area contributed by atoms with E-state index in [2.05, 4.69) is 29.0 Å². The Morgan fingerprint density at radius 3 is 2.62 bits per heavy atom. The Morgan fingerprint density at radius 1 is 1.33 bits per heavy atom. The summed E-state index contributed by atoms with van der Waals surface area (Å²) in [5, 5.41) is 3.05. The molecule has 0 saturated carbocycles. The van der Waals surface area contributed by atoms with Crippen LogP contribution in [0.15, 0.2) is 24.5 Å². The molecular formula is C16H25N3O2. The number of morpholine rings is 1. The van der Waals surface area contributed by atoms with Crippen molar-refractivity contribution >= 4 is 5.91 Å². The van der Waals surface area contributed by atoms with Gasteiger partial charge >= 0.3 is 0 Å². The largest absolute Gasteiger partial charge is 0.379 e. The molecule has 1 amide bonds. The SMILES string of the molecule is CC(C)C[C@@H](CNC(=O)c1ccncc1)N1CCOCC1. The van der Waals surface area contributed by atoms with Crippen LogP contribution in [0.1, 0.15) is 30.6 Å². The number of hydrogen-bond donors (Lipinski definition) is 1. The molecule has 21 heavy (non-hydrogen) atoms. The average molecular weight is 291 g/mol. The molecule has 5 nitrogen and oxygen atoms in total. The summed E-state index contributed by atoms with van der Waals surface area (Å²) in [6, 6.07) is 3.85. The lowest BCUT2D eigenvalue weighted by molar-refractivity contribution is 0.0124. The second-order valence-corrected chi connectivity index (χ2v) is 5.88. The van der Waals surface area contributed by atoms with E-state index in [0.29, 0.717) is 24.1 Å². The van der Waals surface area contributed by atoms with Crippen LogP contribution < -0.4 is 5.32 Å². The summed E-state index contributed by atoms with van der Waals surface area (Å²) in [6.45, 7) is 8.58. The van der Waals surface area contributed by atoms with E-state index in [0.717, 1.165) is 32.7 Å². The van der Waals surface area contributed by atoms with Crippen LogP contribution in [0.4, 0.5) is 0 Å². The zero-order valence-corrected chi connectivity index (χ0v) is 12.9. The first kappa shape index (κ1) is 15.9. The van der Waals surface area contributed by atoms with Gasteiger partial charge in [-0.3, -0.25) is 14.7 Å². The molecule has 0 radical (unpaired) electrons. The minimum atomic E-state index is -0.0283. The van der Waals surface area contributed by atoms with Crippen molar-refractivity contribution in [2.75, 3.05) is 32.8 Å². The van der Waals surface area contributed by atoms with E-state index in [1.165, 1.54) is 0 Å². The molecular weight excluding hydrogens is 266 g/mol. The van der Waals surface area contributed by atoms with Crippen LogP contribution in [0.2, 0.25) is 0 Å². The van der Waals surface area contributed by atoms with Gasteiger partial charge in [0.1, 0.15) is 0 Å². The Labute approximate surface area is 126 Å². The lowest BCUT2D eigenvalue weighted by Gasteiger charge is -2.35. The number of amides is 1. The fourth-order valence-electron chi connectivity index (χ4n) is 2.66. The van der Waals surface area contributed by atoms with Crippen molar-refractivity contribution in [1.82, 2.24) is 15.2 Å². The molecule has 1 aliphatic rings. The van der Waals surface area contributed by atoms with E-state index in [1.54, 1.807) is 24.5 Å². The lowest BCUT2D eigenvalue weighted by atomic mass is 10.0. The number of pyridine rings is 1. The zero-order chi connectivity index (χ0) is 15.1. The van der Waals surface area contributed by atoms with Crippen molar-refractivity contribution in [3.8, 4) is 0 Å². The van der Waals surface area contributed by atoms with E-state index >= 15 is 0 Å².